The smallest absolute Gasteiger partial charge is 0.00951 e. The van der Waals surface area contributed by atoms with Gasteiger partial charge >= 0.3 is 0 Å². The number of hydrogen-bond donors (Lipinski definition) is 0. The fourth-order valence-corrected chi connectivity index (χ4v) is 2.36. The molecule has 0 N–H and O–H groups in total. The van der Waals surface area contributed by atoms with Crippen LogP contribution in [0.1, 0.15) is 51.9 Å². The maximum Gasteiger partial charge on any atom is 0.00951 e. The molecule has 0 spiro atoms. The van der Waals surface area contributed by atoms with Gasteiger partial charge in [0, 0.05) is 6.04 Å². The highest BCUT2D eigenvalue weighted by molar-refractivity contribution is 4.74. The van der Waals surface area contributed by atoms with Crippen molar-refractivity contribution in [2.45, 2.75) is 57.9 Å². The molecule has 0 saturated heterocycles. The fourth-order valence-electron chi connectivity index (χ4n) is 2.36. The lowest BCUT2D eigenvalue weighted by Crippen LogP contribution is -2.37. The van der Waals surface area contributed by atoms with Gasteiger partial charge in [-0.3, -0.25) is 0 Å². The van der Waals surface area contributed by atoms with E-state index < -0.39 is 0 Å². The van der Waals surface area contributed by atoms with E-state index in [1.807, 2.05) is 0 Å². The first kappa shape index (κ1) is 11.0. The molecule has 1 aliphatic rings. The molecule has 0 aliphatic heterocycles. The Labute approximate surface area is 83.5 Å². The summed E-state index contributed by atoms with van der Waals surface area (Å²) in [5, 5.41) is 0. The van der Waals surface area contributed by atoms with Gasteiger partial charge in [0.1, 0.15) is 0 Å². The largest absolute Gasteiger partial charge is 0.301 e. The van der Waals surface area contributed by atoms with E-state index in [9.17, 15) is 0 Å². The highest BCUT2D eigenvalue weighted by atomic mass is 15.1. The lowest BCUT2D eigenvalue weighted by molar-refractivity contribution is 0.162. The van der Waals surface area contributed by atoms with Crippen LogP contribution in [0.25, 0.3) is 0 Å². The van der Waals surface area contributed by atoms with Crippen molar-refractivity contribution in [3.63, 3.8) is 0 Å². The van der Waals surface area contributed by atoms with Crippen LogP contribution in [0, 0.1) is 6.92 Å². The summed E-state index contributed by atoms with van der Waals surface area (Å²) in [6.45, 7) is 8.70. The first-order valence-corrected chi connectivity index (χ1v) is 5.91. The topological polar surface area (TPSA) is 3.24 Å². The molecule has 0 atom stereocenters. The maximum atomic E-state index is 3.91. The third kappa shape index (κ3) is 3.68. The van der Waals surface area contributed by atoms with Crippen LogP contribution in [0.4, 0.5) is 0 Å². The van der Waals surface area contributed by atoms with E-state index in [4.69, 9.17) is 0 Å². The second-order valence-corrected chi connectivity index (χ2v) is 4.13. The van der Waals surface area contributed by atoms with E-state index >= 15 is 0 Å². The second-order valence-electron chi connectivity index (χ2n) is 4.13. The predicted octanol–water partition coefficient (Wildman–Crippen LogP) is 3.26. The molecule has 0 aromatic rings. The molecule has 1 radical (unpaired) electrons. The van der Waals surface area contributed by atoms with Crippen LogP contribution in [0.15, 0.2) is 0 Å². The Morgan fingerprint density at radius 1 is 1.23 bits per heavy atom. The van der Waals surface area contributed by atoms with Crippen molar-refractivity contribution < 1.29 is 0 Å². The summed E-state index contributed by atoms with van der Waals surface area (Å²) in [4.78, 5) is 2.66. The monoisotopic (exact) mass is 182 g/mol. The molecule has 1 rings (SSSR count). The molecule has 0 bridgehead atoms. The van der Waals surface area contributed by atoms with Gasteiger partial charge in [-0.2, -0.15) is 0 Å². The van der Waals surface area contributed by atoms with Crippen LogP contribution in [0.3, 0.4) is 0 Å². The third-order valence-corrected chi connectivity index (χ3v) is 3.19. The van der Waals surface area contributed by atoms with Crippen molar-refractivity contribution in [3.05, 3.63) is 6.92 Å². The Bertz CT molecular complexity index is 116. The molecule has 1 aliphatic carbocycles. The molecular weight excluding hydrogens is 158 g/mol. The Morgan fingerprint density at radius 2 is 1.92 bits per heavy atom. The minimum atomic E-state index is 0.894. The highest BCUT2D eigenvalue weighted by Crippen LogP contribution is 2.22. The van der Waals surface area contributed by atoms with Gasteiger partial charge in [0.25, 0.3) is 0 Å². The molecule has 0 unspecified atom stereocenters. The second kappa shape index (κ2) is 6.42. The van der Waals surface area contributed by atoms with Crippen molar-refractivity contribution in [3.8, 4) is 0 Å². The molecule has 0 aromatic heterocycles. The van der Waals surface area contributed by atoms with Crippen molar-refractivity contribution in [2.75, 3.05) is 13.1 Å². The maximum absolute atomic E-state index is 3.91. The van der Waals surface area contributed by atoms with E-state index in [-0.39, 0.29) is 0 Å². The zero-order chi connectivity index (χ0) is 9.52. The van der Waals surface area contributed by atoms with Gasteiger partial charge in [-0.25, -0.2) is 0 Å². The van der Waals surface area contributed by atoms with E-state index in [1.165, 1.54) is 51.6 Å². The predicted molar refractivity (Wildman–Crippen MR) is 58.7 cm³/mol. The van der Waals surface area contributed by atoms with Crippen LogP contribution < -0.4 is 0 Å². The van der Waals surface area contributed by atoms with Gasteiger partial charge in [0.2, 0.25) is 0 Å². The molecular formula is C12H24N. The van der Waals surface area contributed by atoms with Crippen LogP contribution in [-0.4, -0.2) is 24.0 Å². The SMILES string of the molecule is [CH2]CCCN(CC)C1CCCCC1. The third-order valence-electron chi connectivity index (χ3n) is 3.19. The Hall–Kier alpha value is -0.0400. The number of hydrogen-bond acceptors (Lipinski definition) is 1. The van der Waals surface area contributed by atoms with Gasteiger partial charge in [-0.15, -0.1) is 0 Å². The number of rotatable bonds is 5. The van der Waals surface area contributed by atoms with E-state index in [1.54, 1.807) is 0 Å². The van der Waals surface area contributed by atoms with Crippen LogP contribution >= 0.6 is 0 Å². The summed E-state index contributed by atoms with van der Waals surface area (Å²) in [6, 6.07) is 0.894. The van der Waals surface area contributed by atoms with Gasteiger partial charge < -0.3 is 4.90 Å². The van der Waals surface area contributed by atoms with Gasteiger partial charge in [0.15, 0.2) is 0 Å². The van der Waals surface area contributed by atoms with Crippen molar-refractivity contribution in [2.24, 2.45) is 0 Å². The average molecular weight is 182 g/mol. The molecule has 1 saturated carbocycles. The van der Waals surface area contributed by atoms with Crippen molar-refractivity contribution >= 4 is 0 Å². The summed E-state index contributed by atoms with van der Waals surface area (Å²) in [6.07, 6.45) is 9.59. The first-order valence-electron chi connectivity index (χ1n) is 5.91. The summed E-state index contributed by atoms with van der Waals surface area (Å²) in [5.41, 5.74) is 0. The standard InChI is InChI=1S/C12H24N/c1-3-5-11-13(4-2)12-9-7-6-8-10-12/h12H,1,3-11H2,2H3. The van der Waals surface area contributed by atoms with Crippen LogP contribution in [-0.2, 0) is 0 Å². The van der Waals surface area contributed by atoms with Gasteiger partial charge in [-0.1, -0.05) is 39.5 Å². The minimum Gasteiger partial charge on any atom is -0.301 e. The van der Waals surface area contributed by atoms with Crippen LogP contribution in [0.2, 0.25) is 0 Å². The molecule has 0 amide bonds. The molecule has 1 fully saturated rings. The van der Waals surface area contributed by atoms with E-state index in [0.717, 1.165) is 12.5 Å². The molecule has 0 aromatic carbocycles. The van der Waals surface area contributed by atoms with Gasteiger partial charge in [-0.05, 0) is 32.4 Å². The minimum absolute atomic E-state index is 0.894. The molecule has 13 heavy (non-hydrogen) atoms. The molecule has 1 heteroatoms. The molecule has 1 nitrogen and oxygen atoms in total. The lowest BCUT2D eigenvalue weighted by Gasteiger charge is -2.33. The first-order chi connectivity index (χ1) is 6.38. The van der Waals surface area contributed by atoms with Crippen molar-refractivity contribution in [1.82, 2.24) is 4.90 Å². The quantitative estimate of drug-likeness (QED) is 0.631. The number of unbranched alkanes of at least 4 members (excludes halogenated alkanes) is 1. The Morgan fingerprint density at radius 3 is 2.46 bits per heavy atom. The average Bonchev–Trinajstić information content (AvgIpc) is 2.21. The highest BCUT2D eigenvalue weighted by Gasteiger charge is 2.18. The van der Waals surface area contributed by atoms with Crippen LogP contribution in [0.5, 0.6) is 0 Å². The number of nitrogens with zero attached hydrogens (tertiary/aromatic N) is 1. The summed E-state index contributed by atoms with van der Waals surface area (Å²) in [7, 11) is 0. The zero-order valence-electron chi connectivity index (χ0n) is 9.10. The summed E-state index contributed by atoms with van der Waals surface area (Å²) >= 11 is 0. The van der Waals surface area contributed by atoms with E-state index in [2.05, 4.69) is 18.7 Å². The fraction of sp³-hybridized carbons (Fsp3) is 0.917. The zero-order valence-corrected chi connectivity index (χ0v) is 9.10. The van der Waals surface area contributed by atoms with Gasteiger partial charge in [0.05, 0.1) is 0 Å². The Kier molecular flexibility index (Phi) is 5.45. The Balaban J connectivity index is 2.26. The summed E-state index contributed by atoms with van der Waals surface area (Å²) in [5.74, 6) is 0. The van der Waals surface area contributed by atoms with E-state index in [0.29, 0.717) is 0 Å². The molecule has 0 heterocycles. The molecule has 77 valence electrons. The van der Waals surface area contributed by atoms with Crippen molar-refractivity contribution in [1.29, 1.82) is 0 Å². The lowest BCUT2D eigenvalue weighted by atomic mass is 9.94. The summed E-state index contributed by atoms with van der Waals surface area (Å²) < 4.78 is 0. The normalized spacial score (nSPS) is 19.6.